The summed E-state index contributed by atoms with van der Waals surface area (Å²) in [6.45, 7) is 11.4. The summed E-state index contributed by atoms with van der Waals surface area (Å²) in [6.07, 6.45) is 4.86. The van der Waals surface area contributed by atoms with Crippen LogP contribution in [0.5, 0.6) is 11.5 Å². The Bertz CT molecular complexity index is 1050. The summed E-state index contributed by atoms with van der Waals surface area (Å²) in [5.74, 6) is 1.46. The Morgan fingerprint density at radius 2 is 1.44 bits per heavy atom. The fourth-order valence-corrected chi connectivity index (χ4v) is 5.16. The van der Waals surface area contributed by atoms with Crippen molar-refractivity contribution in [3.63, 3.8) is 0 Å². The number of ether oxygens (including phenoxy) is 1. The highest BCUT2D eigenvalue weighted by Gasteiger charge is 2.21. The summed E-state index contributed by atoms with van der Waals surface area (Å²) in [5.41, 5.74) is 10.4. The molecule has 0 radical (unpaired) electrons. The van der Waals surface area contributed by atoms with Gasteiger partial charge in [0, 0.05) is 23.6 Å². The van der Waals surface area contributed by atoms with Crippen molar-refractivity contribution in [3.8, 4) is 11.5 Å². The monoisotopic (exact) mass is 574 g/mol. The van der Waals surface area contributed by atoms with Crippen LogP contribution in [-0.2, 0) is 12.8 Å². The third-order valence-corrected chi connectivity index (χ3v) is 7.16. The van der Waals surface area contributed by atoms with Gasteiger partial charge in [0.1, 0.15) is 11.5 Å². The van der Waals surface area contributed by atoms with Gasteiger partial charge in [-0.2, -0.15) is 0 Å². The number of unbranched alkanes of at least 4 members (excludes halogenated alkanes) is 1. The second kappa shape index (κ2) is 18.2. The molecule has 216 valence electrons. The van der Waals surface area contributed by atoms with Crippen LogP contribution in [0.3, 0.4) is 0 Å². The van der Waals surface area contributed by atoms with E-state index in [1.807, 2.05) is 18.2 Å². The molecule has 0 fully saturated rings. The number of halogens is 2. The van der Waals surface area contributed by atoms with E-state index in [-0.39, 0.29) is 30.7 Å². The van der Waals surface area contributed by atoms with E-state index in [1.165, 1.54) is 16.7 Å². The molecule has 6 heteroatoms. The molecule has 0 aromatic heterocycles. The third-order valence-electron chi connectivity index (χ3n) is 7.16. The molecule has 0 saturated carbocycles. The van der Waals surface area contributed by atoms with Crippen molar-refractivity contribution in [2.75, 3.05) is 19.7 Å². The summed E-state index contributed by atoms with van der Waals surface area (Å²) in [5, 5.41) is 10.9. The summed E-state index contributed by atoms with van der Waals surface area (Å²) >= 11 is 0. The van der Waals surface area contributed by atoms with E-state index in [4.69, 9.17) is 10.5 Å². The molecule has 3 aromatic rings. The van der Waals surface area contributed by atoms with Crippen LogP contribution >= 0.6 is 24.8 Å². The Hall–Kier alpha value is -2.24. The molecule has 0 amide bonds. The fraction of sp³-hybridized carbons (Fsp3) is 0.455. The van der Waals surface area contributed by atoms with Crippen LogP contribution in [0.1, 0.15) is 75.1 Å². The lowest BCUT2D eigenvalue weighted by atomic mass is 9.86. The molecule has 3 N–H and O–H groups in total. The van der Waals surface area contributed by atoms with Gasteiger partial charge >= 0.3 is 0 Å². The number of hydrogen-bond acceptors (Lipinski definition) is 4. The Morgan fingerprint density at radius 1 is 0.795 bits per heavy atom. The van der Waals surface area contributed by atoms with Gasteiger partial charge in [0.2, 0.25) is 0 Å². The maximum Gasteiger partial charge on any atom is 0.119 e. The Kier molecular flexibility index (Phi) is 16.2. The minimum Gasteiger partial charge on any atom is -0.508 e. The minimum absolute atomic E-state index is 0. The highest BCUT2D eigenvalue weighted by atomic mass is 35.5. The number of aryl methyl sites for hydroxylation is 1. The molecular formula is C33H48Cl2N2O2. The molecule has 0 bridgehead atoms. The topological polar surface area (TPSA) is 58.7 Å². The third kappa shape index (κ3) is 11.0. The van der Waals surface area contributed by atoms with Gasteiger partial charge in [0.25, 0.3) is 0 Å². The van der Waals surface area contributed by atoms with Gasteiger partial charge in [0.05, 0.1) is 6.61 Å². The SMILES string of the molecule is CC(C)N(CC[C@H](c1ccccc1)c1cc(CCCCOc2ccc(CCN)cc2)ccc1O)C(C)C.Cl.Cl. The maximum atomic E-state index is 10.9. The molecule has 1 atom stereocenters. The average Bonchev–Trinajstić information content (AvgIpc) is 2.89. The first kappa shape index (κ1) is 34.8. The number of nitrogens with zero attached hydrogens (tertiary/aromatic N) is 1. The number of phenolic OH excluding ortho intramolecular Hbond substituents is 1. The van der Waals surface area contributed by atoms with Crippen molar-refractivity contribution in [1.82, 2.24) is 4.90 Å². The van der Waals surface area contributed by atoms with Gasteiger partial charge in [0.15, 0.2) is 0 Å². The van der Waals surface area contributed by atoms with Crippen molar-refractivity contribution < 1.29 is 9.84 Å². The molecule has 0 unspecified atom stereocenters. The molecule has 0 saturated heterocycles. The molecular weight excluding hydrogens is 527 g/mol. The number of aromatic hydroxyl groups is 1. The van der Waals surface area contributed by atoms with Gasteiger partial charge < -0.3 is 15.6 Å². The number of phenols is 1. The second-order valence-electron chi connectivity index (χ2n) is 10.6. The average molecular weight is 576 g/mol. The summed E-state index contributed by atoms with van der Waals surface area (Å²) in [4.78, 5) is 2.53. The molecule has 3 aromatic carbocycles. The van der Waals surface area contributed by atoms with E-state index in [0.29, 0.717) is 31.0 Å². The first-order chi connectivity index (χ1) is 17.9. The quantitative estimate of drug-likeness (QED) is 0.182. The Morgan fingerprint density at radius 3 is 2.05 bits per heavy atom. The lowest BCUT2D eigenvalue weighted by Gasteiger charge is -2.32. The van der Waals surface area contributed by atoms with Crippen molar-refractivity contribution >= 4 is 24.8 Å². The maximum absolute atomic E-state index is 10.9. The molecule has 0 aliphatic carbocycles. The molecule has 39 heavy (non-hydrogen) atoms. The first-order valence-electron chi connectivity index (χ1n) is 13.9. The smallest absolute Gasteiger partial charge is 0.119 e. The zero-order chi connectivity index (χ0) is 26.6. The standard InChI is InChI=1S/C33H46N2O2.2ClH/c1-25(2)35(26(3)4)22-20-31(29-11-6-5-7-12-29)32-24-28(15-18-33(32)36)10-8-9-23-37-30-16-13-27(14-17-30)19-21-34;;/h5-7,11-18,24-26,31,36H,8-10,19-23,34H2,1-4H3;2*1H/t31-;;/m1../s1. The predicted molar refractivity (Wildman–Crippen MR) is 170 cm³/mol. The highest BCUT2D eigenvalue weighted by Crippen LogP contribution is 2.35. The lowest BCUT2D eigenvalue weighted by molar-refractivity contribution is 0.170. The minimum atomic E-state index is 0. The predicted octanol–water partition coefficient (Wildman–Crippen LogP) is 7.78. The zero-order valence-corrected chi connectivity index (χ0v) is 25.6. The van der Waals surface area contributed by atoms with E-state index < -0.39 is 0 Å². The lowest BCUT2D eigenvalue weighted by Crippen LogP contribution is -2.38. The molecule has 0 aliphatic rings. The molecule has 0 spiro atoms. The Labute approximate surface area is 248 Å². The van der Waals surface area contributed by atoms with Crippen molar-refractivity contribution in [2.45, 2.75) is 77.8 Å². The van der Waals surface area contributed by atoms with Crippen LogP contribution in [0.15, 0.2) is 72.8 Å². The normalized spacial score (nSPS) is 11.8. The number of benzene rings is 3. The van der Waals surface area contributed by atoms with Gasteiger partial charge in [-0.1, -0.05) is 54.6 Å². The second-order valence-corrected chi connectivity index (χ2v) is 10.6. The number of rotatable bonds is 15. The van der Waals surface area contributed by atoms with Gasteiger partial charge in [-0.3, -0.25) is 4.90 Å². The van der Waals surface area contributed by atoms with Crippen LogP contribution in [0.2, 0.25) is 0 Å². The van der Waals surface area contributed by atoms with Gasteiger partial charge in [-0.25, -0.2) is 0 Å². The summed E-state index contributed by atoms with van der Waals surface area (Å²) in [7, 11) is 0. The molecule has 0 heterocycles. The highest BCUT2D eigenvalue weighted by molar-refractivity contribution is 5.85. The van der Waals surface area contributed by atoms with Gasteiger partial charge in [-0.15, -0.1) is 24.8 Å². The fourth-order valence-electron chi connectivity index (χ4n) is 5.16. The number of nitrogens with two attached hydrogens (primary N) is 1. The van der Waals surface area contributed by atoms with E-state index in [2.05, 4.69) is 87.2 Å². The van der Waals surface area contributed by atoms with Crippen LogP contribution in [0, 0.1) is 0 Å². The molecule has 4 nitrogen and oxygen atoms in total. The van der Waals surface area contributed by atoms with E-state index in [1.54, 1.807) is 0 Å². The van der Waals surface area contributed by atoms with Crippen LogP contribution in [-0.4, -0.2) is 41.8 Å². The number of hydrogen-bond donors (Lipinski definition) is 2. The first-order valence-corrected chi connectivity index (χ1v) is 13.9. The van der Waals surface area contributed by atoms with Gasteiger partial charge in [-0.05, 0) is 108 Å². The van der Waals surface area contributed by atoms with E-state index in [9.17, 15) is 5.11 Å². The van der Waals surface area contributed by atoms with Crippen molar-refractivity contribution in [2.24, 2.45) is 5.73 Å². The van der Waals surface area contributed by atoms with Crippen LogP contribution in [0.25, 0.3) is 0 Å². The van der Waals surface area contributed by atoms with E-state index in [0.717, 1.165) is 50.0 Å². The summed E-state index contributed by atoms with van der Waals surface area (Å²) in [6, 6.07) is 26.0. The Balaban J connectivity index is 0.00000380. The van der Waals surface area contributed by atoms with Crippen LogP contribution < -0.4 is 10.5 Å². The summed E-state index contributed by atoms with van der Waals surface area (Å²) < 4.78 is 5.93. The van der Waals surface area contributed by atoms with Crippen molar-refractivity contribution in [1.29, 1.82) is 0 Å². The molecule has 3 rings (SSSR count). The zero-order valence-electron chi connectivity index (χ0n) is 24.0. The molecule has 0 aliphatic heterocycles. The van der Waals surface area contributed by atoms with E-state index >= 15 is 0 Å². The van der Waals surface area contributed by atoms with Crippen molar-refractivity contribution in [3.05, 3.63) is 95.1 Å². The largest absolute Gasteiger partial charge is 0.508 e. The van der Waals surface area contributed by atoms with Crippen LogP contribution in [0.4, 0.5) is 0 Å².